The minimum Gasteiger partial charge on any atom is -0.493 e. The molecule has 0 aromatic heterocycles. The summed E-state index contributed by atoms with van der Waals surface area (Å²) in [6.07, 6.45) is 6.28. The van der Waals surface area contributed by atoms with Crippen LogP contribution in [0.1, 0.15) is 37.7 Å². The van der Waals surface area contributed by atoms with Gasteiger partial charge in [-0.05, 0) is 30.5 Å². The van der Waals surface area contributed by atoms with Gasteiger partial charge in [0.2, 0.25) is 0 Å². The van der Waals surface area contributed by atoms with Crippen molar-refractivity contribution in [2.24, 2.45) is 4.99 Å². The van der Waals surface area contributed by atoms with E-state index in [1.54, 1.807) is 14.2 Å². The highest BCUT2D eigenvalue weighted by Crippen LogP contribution is 2.42. The highest BCUT2D eigenvalue weighted by Gasteiger charge is 2.35. The number of likely N-dealkylation sites (N-methyl/N-ethyl adjacent to an activating group) is 1. The van der Waals surface area contributed by atoms with E-state index in [2.05, 4.69) is 34.4 Å². The second kappa shape index (κ2) is 8.96. The second-order valence-electron chi connectivity index (χ2n) is 6.89. The normalized spacial score (nSPS) is 19.0. The lowest BCUT2D eigenvalue weighted by Gasteiger charge is -2.39. The van der Waals surface area contributed by atoms with Gasteiger partial charge in [-0.15, -0.1) is 24.0 Å². The zero-order valence-corrected chi connectivity index (χ0v) is 17.8. The Bertz CT molecular complexity index is 600. The molecule has 140 valence electrons. The molecule has 1 aromatic rings. The highest BCUT2D eigenvalue weighted by molar-refractivity contribution is 14.0. The maximum atomic E-state index is 5.53. The maximum absolute atomic E-state index is 5.53. The van der Waals surface area contributed by atoms with Crippen molar-refractivity contribution in [3.8, 4) is 11.5 Å². The molecule has 3 rings (SSSR count). The van der Waals surface area contributed by atoms with Crippen LogP contribution in [-0.2, 0) is 5.41 Å². The SMILES string of the molecule is COc1ccc(C2(CNC3=NCCN3C)CCCCC2)cc1OC.I. The van der Waals surface area contributed by atoms with Crippen LogP contribution in [0, 0.1) is 0 Å². The average molecular weight is 459 g/mol. The number of hydrogen-bond donors (Lipinski definition) is 1. The first-order valence-electron chi connectivity index (χ1n) is 8.90. The molecule has 1 aliphatic carbocycles. The van der Waals surface area contributed by atoms with Crippen molar-refractivity contribution >= 4 is 29.9 Å². The Morgan fingerprint density at radius 2 is 1.84 bits per heavy atom. The fourth-order valence-electron chi connectivity index (χ4n) is 3.93. The summed E-state index contributed by atoms with van der Waals surface area (Å²) in [4.78, 5) is 6.77. The third kappa shape index (κ3) is 4.33. The minimum atomic E-state index is 0. The lowest BCUT2D eigenvalue weighted by atomic mass is 9.69. The standard InChI is InChI=1S/C19H29N3O2.HI/c1-22-12-11-20-18(22)21-14-19(9-5-4-6-10-19)15-7-8-16(23-2)17(13-15)24-3;/h7-8,13H,4-6,9-12,14H2,1-3H3,(H,20,21);1H. The lowest BCUT2D eigenvalue weighted by Crippen LogP contribution is -2.45. The summed E-state index contributed by atoms with van der Waals surface area (Å²) in [5.41, 5.74) is 1.48. The number of nitrogens with one attached hydrogen (secondary N) is 1. The lowest BCUT2D eigenvalue weighted by molar-refractivity contribution is 0.287. The molecule has 0 atom stereocenters. The molecule has 25 heavy (non-hydrogen) atoms. The Kier molecular flexibility index (Phi) is 7.22. The number of guanidine groups is 1. The van der Waals surface area contributed by atoms with E-state index in [9.17, 15) is 0 Å². The smallest absolute Gasteiger partial charge is 0.193 e. The van der Waals surface area contributed by atoms with Gasteiger partial charge in [0, 0.05) is 25.6 Å². The number of methoxy groups -OCH3 is 2. The monoisotopic (exact) mass is 459 g/mol. The van der Waals surface area contributed by atoms with Crippen LogP contribution in [-0.4, -0.2) is 51.8 Å². The zero-order chi connectivity index (χ0) is 17.0. The van der Waals surface area contributed by atoms with Gasteiger partial charge in [-0.2, -0.15) is 0 Å². The predicted octanol–water partition coefficient (Wildman–Crippen LogP) is 3.41. The second-order valence-corrected chi connectivity index (χ2v) is 6.89. The van der Waals surface area contributed by atoms with Gasteiger partial charge in [-0.3, -0.25) is 4.99 Å². The van der Waals surface area contributed by atoms with Crippen molar-refractivity contribution in [2.75, 3.05) is 40.9 Å². The molecule has 1 heterocycles. The fourth-order valence-corrected chi connectivity index (χ4v) is 3.93. The molecular formula is C19H30IN3O2. The summed E-state index contributed by atoms with van der Waals surface area (Å²) < 4.78 is 10.9. The molecule has 1 saturated carbocycles. The molecule has 2 aliphatic rings. The van der Waals surface area contributed by atoms with Crippen molar-refractivity contribution < 1.29 is 9.47 Å². The van der Waals surface area contributed by atoms with Gasteiger partial charge in [0.1, 0.15) is 0 Å². The number of halogens is 1. The summed E-state index contributed by atoms with van der Waals surface area (Å²) >= 11 is 0. The van der Waals surface area contributed by atoms with Crippen LogP contribution in [0.5, 0.6) is 11.5 Å². The summed E-state index contributed by atoms with van der Waals surface area (Å²) in [5.74, 6) is 2.63. The van der Waals surface area contributed by atoms with Crippen LogP contribution < -0.4 is 14.8 Å². The minimum absolute atomic E-state index is 0. The zero-order valence-electron chi connectivity index (χ0n) is 15.5. The molecule has 0 spiro atoms. The summed E-state index contributed by atoms with van der Waals surface area (Å²) in [5, 5.41) is 3.61. The highest BCUT2D eigenvalue weighted by atomic mass is 127. The molecule has 0 amide bonds. The van der Waals surface area contributed by atoms with E-state index in [0.29, 0.717) is 0 Å². The molecule has 1 aromatic carbocycles. The van der Waals surface area contributed by atoms with Crippen molar-refractivity contribution in [1.29, 1.82) is 0 Å². The number of aliphatic imine (C=N–C) groups is 1. The third-order valence-electron chi connectivity index (χ3n) is 5.45. The first-order chi connectivity index (χ1) is 11.7. The molecular weight excluding hydrogens is 429 g/mol. The molecule has 6 heteroatoms. The molecule has 1 aliphatic heterocycles. The van der Waals surface area contributed by atoms with Crippen LogP contribution >= 0.6 is 24.0 Å². The number of nitrogens with zero attached hydrogens (tertiary/aromatic N) is 2. The van der Waals surface area contributed by atoms with E-state index >= 15 is 0 Å². The van der Waals surface area contributed by atoms with Gasteiger partial charge < -0.3 is 19.7 Å². The van der Waals surface area contributed by atoms with E-state index in [1.165, 1.54) is 37.7 Å². The number of rotatable bonds is 5. The Balaban J connectivity index is 0.00000225. The van der Waals surface area contributed by atoms with E-state index in [-0.39, 0.29) is 29.4 Å². The Morgan fingerprint density at radius 1 is 1.12 bits per heavy atom. The van der Waals surface area contributed by atoms with Crippen LogP contribution in [0.3, 0.4) is 0 Å². The first-order valence-corrected chi connectivity index (χ1v) is 8.90. The molecule has 0 bridgehead atoms. The van der Waals surface area contributed by atoms with Gasteiger partial charge in [0.25, 0.3) is 0 Å². The van der Waals surface area contributed by atoms with E-state index < -0.39 is 0 Å². The van der Waals surface area contributed by atoms with Gasteiger partial charge in [0.05, 0.1) is 20.8 Å². The summed E-state index contributed by atoms with van der Waals surface area (Å²) in [6, 6.07) is 6.39. The van der Waals surface area contributed by atoms with Crippen LogP contribution in [0.15, 0.2) is 23.2 Å². The maximum Gasteiger partial charge on any atom is 0.193 e. The quantitative estimate of drug-likeness (QED) is 0.686. The molecule has 0 radical (unpaired) electrons. The van der Waals surface area contributed by atoms with Crippen LogP contribution in [0.2, 0.25) is 0 Å². The molecule has 0 unspecified atom stereocenters. The van der Waals surface area contributed by atoms with E-state index in [1.807, 2.05) is 6.07 Å². The molecule has 0 saturated heterocycles. The van der Waals surface area contributed by atoms with Crippen molar-refractivity contribution in [1.82, 2.24) is 10.2 Å². The Morgan fingerprint density at radius 3 is 2.44 bits per heavy atom. The van der Waals surface area contributed by atoms with Crippen molar-refractivity contribution in [3.63, 3.8) is 0 Å². The molecule has 5 nitrogen and oxygen atoms in total. The van der Waals surface area contributed by atoms with Gasteiger partial charge in [0.15, 0.2) is 17.5 Å². The number of ether oxygens (including phenoxy) is 2. The largest absolute Gasteiger partial charge is 0.493 e. The topological polar surface area (TPSA) is 46.1 Å². The predicted molar refractivity (Wildman–Crippen MR) is 113 cm³/mol. The fraction of sp³-hybridized carbons (Fsp3) is 0.632. The van der Waals surface area contributed by atoms with Crippen LogP contribution in [0.25, 0.3) is 0 Å². The molecule has 1 N–H and O–H groups in total. The van der Waals surface area contributed by atoms with E-state index in [4.69, 9.17) is 9.47 Å². The Labute approximate surface area is 168 Å². The summed E-state index contributed by atoms with van der Waals surface area (Å²) in [7, 11) is 5.49. The van der Waals surface area contributed by atoms with E-state index in [0.717, 1.165) is 37.1 Å². The van der Waals surface area contributed by atoms with Gasteiger partial charge in [-0.25, -0.2) is 0 Å². The third-order valence-corrected chi connectivity index (χ3v) is 5.45. The molecule has 1 fully saturated rings. The van der Waals surface area contributed by atoms with Gasteiger partial charge >= 0.3 is 0 Å². The first kappa shape index (κ1) is 20.1. The van der Waals surface area contributed by atoms with Crippen molar-refractivity contribution in [2.45, 2.75) is 37.5 Å². The average Bonchev–Trinajstić information content (AvgIpc) is 3.05. The number of benzene rings is 1. The van der Waals surface area contributed by atoms with Gasteiger partial charge in [-0.1, -0.05) is 25.3 Å². The van der Waals surface area contributed by atoms with Crippen molar-refractivity contribution in [3.05, 3.63) is 23.8 Å². The summed E-state index contributed by atoms with van der Waals surface area (Å²) in [6.45, 7) is 2.82. The number of hydrogen-bond acceptors (Lipinski definition) is 5. The van der Waals surface area contributed by atoms with Crippen LogP contribution in [0.4, 0.5) is 0 Å². The Hall–Kier alpha value is -1.18.